The van der Waals surface area contributed by atoms with Gasteiger partial charge in [0.15, 0.2) is 10.8 Å². The summed E-state index contributed by atoms with van der Waals surface area (Å²) in [6.45, 7) is 6.54. The number of hydrogen-bond acceptors (Lipinski definition) is 7. The van der Waals surface area contributed by atoms with Crippen LogP contribution in [0, 0.1) is 11.3 Å². The molecule has 0 spiro atoms. The first-order valence-corrected chi connectivity index (χ1v) is 17.4. The number of thiazole rings is 1. The highest BCUT2D eigenvalue weighted by Gasteiger charge is 2.33. The van der Waals surface area contributed by atoms with Crippen molar-refractivity contribution in [3.8, 4) is 11.1 Å². The first-order valence-electron chi connectivity index (χ1n) is 16.6. The van der Waals surface area contributed by atoms with E-state index >= 15 is 0 Å². The molecule has 242 valence electrons. The Morgan fingerprint density at radius 2 is 1.85 bits per heavy atom. The molecule has 0 saturated heterocycles. The molecule has 0 bridgehead atoms. The molecule has 9 nitrogen and oxygen atoms in total. The van der Waals surface area contributed by atoms with Crippen molar-refractivity contribution in [2.45, 2.75) is 71.9 Å². The summed E-state index contributed by atoms with van der Waals surface area (Å²) in [5.41, 5.74) is 5.02. The summed E-state index contributed by atoms with van der Waals surface area (Å²) in [6, 6.07) is 17.3. The van der Waals surface area contributed by atoms with Gasteiger partial charge in [0.2, 0.25) is 0 Å². The number of pyridine rings is 1. The molecule has 3 aromatic heterocycles. The average Bonchev–Trinajstić information content (AvgIpc) is 3.70. The Labute approximate surface area is 278 Å². The fourth-order valence-electron chi connectivity index (χ4n) is 7.63. The second kappa shape index (κ2) is 12.9. The first-order chi connectivity index (χ1) is 22.8. The smallest absolute Gasteiger partial charge is 0.355 e. The van der Waals surface area contributed by atoms with Gasteiger partial charge in [-0.1, -0.05) is 68.7 Å². The minimum atomic E-state index is -1.08. The quantitative estimate of drug-likeness (QED) is 0.166. The normalized spacial score (nSPS) is 15.9. The zero-order chi connectivity index (χ0) is 32.5. The lowest BCUT2D eigenvalue weighted by molar-refractivity contribution is 0.0691. The molecular formula is C37H40N6O3S. The predicted octanol–water partition coefficient (Wildman–Crippen LogP) is 8.06. The number of aromatic nitrogens is 4. The Morgan fingerprint density at radius 1 is 1.02 bits per heavy atom. The number of amides is 1. The Kier molecular flexibility index (Phi) is 8.53. The largest absolute Gasteiger partial charge is 0.476 e. The second-order valence-electron chi connectivity index (χ2n) is 13.5. The molecule has 2 aromatic carbocycles. The summed E-state index contributed by atoms with van der Waals surface area (Å²) in [7, 11) is 0. The molecule has 2 N–H and O–H groups in total. The fraction of sp³-hybridized carbons (Fsp3) is 0.378. The maximum Gasteiger partial charge on any atom is 0.355 e. The van der Waals surface area contributed by atoms with Crippen LogP contribution in [0.3, 0.4) is 0 Å². The summed E-state index contributed by atoms with van der Waals surface area (Å²) < 4.78 is 3.02. The van der Waals surface area contributed by atoms with Crippen molar-refractivity contribution in [2.75, 3.05) is 16.8 Å². The van der Waals surface area contributed by atoms with Crippen LogP contribution >= 0.6 is 11.3 Å². The Hall–Kier alpha value is -4.57. The van der Waals surface area contributed by atoms with Gasteiger partial charge in [-0.2, -0.15) is 5.10 Å². The molecular weight excluding hydrogens is 609 g/mol. The molecule has 1 saturated carbocycles. The molecule has 1 aliphatic carbocycles. The molecule has 5 aromatic rings. The van der Waals surface area contributed by atoms with Crippen LogP contribution in [0.5, 0.6) is 0 Å². The van der Waals surface area contributed by atoms with Gasteiger partial charge in [-0.15, -0.1) is 0 Å². The molecule has 0 radical (unpaired) electrons. The van der Waals surface area contributed by atoms with Crippen LogP contribution in [0.4, 0.5) is 10.9 Å². The van der Waals surface area contributed by atoms with E-state index in [4.69, 9.17) is 0 Å². The number of benzene rings is 2. The topological polar surface area (TPSA) is 113 Å². The minimum Gasteiger partial charge on any atom is -0.476 e. The van der Waals surface area contributed by atoms with E-state index in [0.717, 1.165) is 33.5 Å². The predicted molar refractivity (Wildman–Crippen MR) is 186 cm³/mol. The molecule has 47 heavy (non-hydrogen) atoms. The van der Waals surface area contributed by atoms with E-state index < -0.39 is 5.97 Å². The van der Waals surface area contributed by atoms with Crippen LogP contribution < -0.4 is 10.2 Å². The Bertz CT molecular complexity index is 1910. The molecule has 2 aliphatic rings. The lowest BCUT2D eigenvalue weighted by Crippen LogP contribution is -2.33. The van der Waals surface area contributed by atoms with Crippen molar-refractivity contribution in [3.05, 3.63) is 89.4 Å². The summed E-state index contributed by atoms with van der Waals surface area (Å²) in [6.07, 6.45) is 11.9. The fourth-order valence-corrected chi connectivity index (χ4v) is 8.49. The number of nitrogens with one attached hydrogen (secondary N) is 1. The van der Waals surface area contributed by atoms with Gasteiger partial charge >= 0.3 is 5.97 Å². The number of carbonyl (C=O) groups excluding carboxylic acids is 1. The molecule has 1 aliphatic heterocycles. The zero-order valence-corrected chi connectivity index (χ0v) is 27.7. The molecule has 4 heterocycles. The van der Waals surface area contributed by atoms with Crippen molar-refractivity contribution in [3.63, 3.8) is 0 Å². The van der Waals surface area contributed by atoms with Gasteiger partial charge in [0.05, 0.1) is 16.4 Å². The van der Waals surface area contributed by atoms with Gasteiger partial charge in [-0.25, -0.2) is 14.8 Å². The average molecular weight is 649 g/mol. The van der Waals surface area contributed by atoms with Gasteiger partial charge in [0.1, 0.15) is 5.82 Å². The summed E-state index contributed by atoms with van der Waals surface area (Å²) in [5.74, 6) is -0.0999. The Morgan fingerprint density at radius 3 is 2.64 bits per heavy atom. The van der Waals surface area contributed by atoms with Crippen molar-refractivity contribution in [2.24, 2.45) is 11.3 Å². The number of hydrogen-bond donors (Lipinski definition) is 2. The third kappa shape index (κ3) is 6.52. The highest BCUT2D eigenvalue weighted by molar-refractivity contribution is 7.22. The van der Waals surface area contributed by atoms with E-state index in [1.807, 2.05) is 59.4 Å². The molecule has 1 fully saturated rings. The maximum atomic E-state index is 13.5. The maximum absolute atomic E-state index is 13.5. The standard InChI is InChI=1S/C37H40N6O3S/c1-24(2)19-37(16-6-3-7-17-37)23-43-21-26(20-38-43)27-13-14-32(40-33(27)35(45)46)42-18-15-25-9-8-10-28(29(25)22-42)34(44)41-36-39-30-11-4-5-12-31(30)47-36/h4-5,8-14,20-21,24H,3,6-7,15-19,22-23H2,1-2H3,(H,45,46)(H,39,41,44). The van der Waals surface area contributed by atoms with E-state index in [1.54, 1.807) is 6.20 Å². The van der Waals surface area contributed by atoms with Crippen LogP contribution in [0.25, 0.3) is 21.3 Å². The lowest BCUT2D eigenvalue weighted by Gasteiger charge is -2.38. The zero-order valence-electron chi connectivity index (χ0n) is 26.9. The molecule has 0 atom stereocenters. The van der Waals surface area contributed by atoms with Gasteiger partial charge in [-0.3, -0.25) is 14.8 Å². The van der Waals surface area contributed by atoms with E-state index in [1.165, 1.54) is 49.9 Å². The monoisotopic (exact) mass is 648 g/mol. The van der Waals surface area contributed by atoms with Crippen LogP contribution in [-0.4, -0.2) is 43.3 Å². The van der Waals surface area contributed by atoms with E-state index in [0.29, 0.717) is 47.5 Å². The highest BCUT2D eigenvalue weighted by atomic mass is 32.1. The number of aromatic carboxylic acids is 1. The Balaban J connectivity index is 1.12. The number of carbonyl (C=O) groups is 2. The number of rotatable bonds is 9. The first kappa shape index (κ1) is 31.1. The van der Waals surface area contributed by atoms with Gasteiger partial charge in [0.25, 0.3) is 5.91 Å². The summed E-state index contributed by atoms with van der Waals surface area (Å²) in [5, 5.41) is 18.5. The van der Waals surface area contributed by atoms with Crippen molar-refractivity contribution in [1.82, 2.24) is 19.7 Å². The lowest BCUT2D eigenvalue weighted by atomic mass is 9.69. The third-order valence-electron chi connectivity index (χ3n) is 9.64. The van der Waals surface area contributed by atoms with Gasteiger partial charge in [-0.05, 0) is 78.5 Å². The highest BCUT2D eigenvalue weighted by Crippen LogP contribution is 2.43. The summed E-state index contributed by atoms with van der Waals surface area (Å²) in [4.78, 5) is 37.3. The van der Waals surface area contributed by atoms with Gasteiger partial charge in [0, 0.05) is 42.5 Å². The number of para-hydroxylation sites is 1. The number of carboxylic acid groups (broad SMARTS) is 1. The van der Waals surface area contributed by atoms with Crippen LogP contribution in [0.2, 0.25) is 0 Å². The molecule has 1 amide bonds. The van der Waals surface area contributed by atoms with Crippen LogP contribution in [0.1, 0.15) is 84.3 Å². The van der Waals surface area contributed by atoms with E-state index in [2.05, 4.69) is 45.2 Å². The van der Waals surface area contributed by atoms with Crippen LogP contribution in [-0.2, 0) is 19.5 Å². The summed E-state index contributed by atoms with van der Waals surface area (Å²) >= 11 is 1.45. The van der Waals surface area contributed by atoms with Gasteiger partial charge < -0.3 is 10.0 Å². The molecule has 10 heteroatoms. The minimum absolute atomic E-state index is 0.00395. The van der Waals surface area contributed by atoms with E-state index in [-0.39, 0.29) is 17.0 Å². The van der Waals surface area contributed by atoms with Crippen molar-refractivity contribution >= 4 is 44.4 Å². The van der Waals surface area contributed by atoms with Crippen LogP contribution in [0.15, 0.2) is 67.0 Å². The SMILES string of the molecule is CC(C)CC1(Cn2cc(-c3ccc(N4CCc5cccc(C(=O)Nc6nc7ccccc7s6)c5C4)nc3C(=O)O)cn2)CCCCC1. The number of carboxylic acids is 1. The van der Waals surface area contributed by atoms with Crippen molar-refractivity contribution in [1.29, 1.82) is 0 Å². The van der Waals surface area contributed by atoms with Crippen molar-refractivity contribution < 1.29 is 14.7 Å². The third-order valence-corrected chi connectivity index (χ3v) is 10.6. The van der Waals surface area contributed by atoms with E-state index in [9.17, 15) is 14.7 Å². The molecule has 0 unspecified atom stereocenters. The second-order valence-corrected chi connectivity index (χ2v) is 14.5. The number of nitrogens with zero attached hydrogens (tertiary/aromatic N) is 5. The number of anilines is 2. The molecule has 7 rings (SSSR count). The number of fused-ring (bicyclic) bond motifs is 2.